The van der Waals surface area contributed by atoms with Gasteiger partial charge in [0.1, 0.15) is 24.1 Å². The van der Waals surface area contributed by atoms with Crippen molar-refractivity contribution in [1.82, 2.24) is 24.3 Å². The minimum Gasteiger partial charge on any atom is -0.493 e. The lowest BCUT2D eigenvalue weighted by Gasteiger charge is -2.17. The van der Waals surface area contributed by atoms with Gasteiger partial charge in [-0.1, -0.05) is 12.1 Å². The Bertz CT molecular complexity index is 1290. The van der Waals surface area contributed by atoms with Crippen molar-refractivity contribution in [3.05, 3.63) is 60.9 Å². The van der Waals surface area contributed by atoms with Crippen molar-refractivity contribution in [1.29, 1.82) is 5.26 Å². The first-order chi connectivity index (χ1) is 16.5. The zero-order valence-corrected chi connectivity index (χ0v) is 18.6. The van der Waals surface area contributed by atoms with E-state index in [0.29, 0.717) is 41.5 Å². The number of nitrogens with zero attached hydrogens (tertiary/aromatic N) is 6. The van der Waals surface area contributed by atoms with Crippen LogP contribution in [0.4, 0.5) is 5.82 Å². The molecule has 3 heterocycles. The minimum absolute atomic E-state index is 0.144. The molecule has 1 aromatic carbocycles. The van der Waals surface area contributed by atoms with Gasteiger partial charge in [-0.2, -0.15) is 10.4 Å². The Labute approximate surface area is 195 Å². The van der Waals surface area contributed by atoms with Gasteiger partial charge in [0.05, 0.1) is 31.9 Å². The third-order valence-electron chi connectivity index (χ3n) is 4.80. The van der Waals surface area contributed by atoms with E-state index < -0.39 is 0 Å². The van der Waals surface area contributed by atoms with E-state index in [1.54, 1.807) is 30.5 Å². The van der Waals surface area contributed by atoms with Crippen LogP contribution in [0.25, 0.3) is 22.4 Å². The molecule has 11 heteroatoms. The number of pyridine rings is 1. The number of carbonyl (C=O) groups is 1. The third kappa shape index (κ3) is 5.31. The number of nitriles is 1. The van der Waals surface area contributed by atoms with Gasteiger partial charge in [-0.25, -0.2) is 9.97 Å². The summed E-state index contributed by atoms with van der Waals surface area (Å²) < 4.78 is 15.2. The van der Waals surface area contributed by atoms with Gasteiger partial charge in [0.25, 0.3) is 6.47 Å². The topological polar surface area (TPSA) is 154 Å². The van der Waals surface area contributed by atoms with E-state index in [-0.39, 0.29) is 17.9 Å². The Hall–Kier alpha value is -4.85. The number of aryl methyl sites for hydroxylation is 1. The monoisotopic (exact) mass is 461 g/mol. The largest absolute Gasteiger partial charge is 0.493 e. The molecular formula is C23H23N7O4. The summed E-state index contributed by atoms with van der Waals surface area (Å²) in [4.78, 5) is 16.8. The second-order valence-electron chi connectivity index (χ2n) is 6.92. The number of para-hydroxylation sites is 1. The highest BCUT2D eigenvalue weighted by Gasteiger charge is 2.20. The Kier molecular flexibility index (Phi) is 7.80. The maximum absolute atomic E-state index is 9.78. The number of imidazole rings is 1. The van der Waals surface area contributed by atoms with Crippen molar-refractivity contribution in [3.8, 4) is 40.0 Å². The highest BCUT2D eigenvalue weighted by molar-refractivity contribution is 5.84. The molecular weight excluding hydrogens is 438 g/mol. The molecule has 0 saturated carbocycles. The highest BCUT2D eigenvalue weighted by Crippen LogP contribution is 2.41. The molecule has 3 aromatic heterocycles. The average molecular weight is 461 g/mol. The Balaban J connectivity index is 0.00000103. The van der Waals surface area contributed by atoms with Crippen LogP contribution >= 0.6 is 0 Å². The van der Waals surface area contributed by atoms with E-state index in [4.69, 9.17) is 25.1 Å². The van der Waals surface area contributed by atoms with Crippen LogP contribution < -0.4 is 15.2 Å². The van der Waals surface area contributed by atoms with Crippen molar-refractivity contribution in [3.63, 3.8) is 0 Å². The summed E-state index contributed by atoms with van der Waals surface area (Å²) in [5.41, 5.74) is 9.16. The Morgan fingerprint density at radius 3 is 2.74 bits per heavy atom. The van der Waals surface area contributed by atoms with Crippen molar-refractivity contribution >= 4 is 12.3 Å². The zero-order chi connectivity index (χ0) is 24.5. The first-order valence-electron chi connectivity index (χ1n) is 10.1. The van der Waals surface area contributed by atoms with Crippen molar-refractivity contribution < 1.29 is 19.4 Å². The molecule has 0 radical (unpaired) electrons. The number of rotatable bonds is 7. The molecule has 3 N–H and O–H groups in total. The number of ether oxygens (including phenoxy) is 2. The fourth-order valence-corrected chi connectivity index (χ4v) is 3.31. The van der Waals surface area contributed by atoms with Crippen LogP contribution in [0, 0.1) is 11.3 Å². The Morgan fingerprint density at radius 2 is 2.12 bits per heavy atom. The minimum atomic E-state index is -0.250. The number of methoxy groups -OCH3 is 1. The molecule has 0 unspecified atom stereocenters. The molecule has 34 heavy (non-hydrogen) atoms. The molecule has 0 aliphatic heterocycles. The van der Waals surface area contributed by atoms with Crippen molar-refractivity contribution in [2.24, 2.45) is 7.05 Å². The lowest BCUT2D eigenvalue weighted by atomic mass is 9.98. The average Bonchev–Trinajstić information content (AvgIpc) is 3.51. The summed E-state index contributed by atoms with van der Waals surface area (Å²) in [6, 6.07) is 9.53. The predicted octanol–water partition coefficient (Wildman–Crippen LogP) is 2.59. The summed E-state index contributed by atoms with van der Waals surface area (Å²) in [6.45, 7) is 0.754. The summed E-state index contributed by atoms with van der Waals surface area (Å²) in [5.74, 6) is 1.24. The van der Waals surface area contributed by atoms with Crippen molar-refractivity contribution in [2.45, 2.75) is 6.54 Å². The molecule has 0 amide bonds. The smallest absolute Gasteiger partial charge is 0.290 e. The van der Waals surface area contributed by atoms with E-state index in [2.05, 4.69) is 21.1 Å². The molecule has 4 aromatic rings. The molecule has 174 valence electrons. The third-order valence-corrected chi connectivity index (χ3v) is 4.80. The maximum atomic E-state index is 9.78. The molecule has 4 rings (SSSR count). The van der Waals surface area contributed by atoms with E-state index in [9.17, 15) is 5.26 Å². The second kappa shape index (κ2) is 11.1. The molecule has 0 saturated heterocycles. The highest BCUT2D eigenvalue weighted by atomic mass is 16.5. The van der Waals surface area contributed by atoms with Gasteiger partial charge in [-0.15, -0.1) is 0 Å². The molecule has 0 atom stereocenters. The van der Waals surface area contributed by atoms with Gasteiger partial charge in [0.2, 0.25) is 0 Å². The summed E-state index contributed by atoms with van der Waals surface area (Å²) in [6.07, 6.45) is 8.85. The van der Waals surface area contributed by atoms with Gasteiger partial charge in [0, 0.05) is 42.3 Å². The van der Waals surface area contributed by atoms with Gasteiger partial charge < -0.3 is 24.9 Å². The summed E-state index contributed by atoms with van der Waals surface area (Å²) in [7, 11) is 3.40. The van der Waals surface area contributed by atoms with Crippen LogP contribution in [-0.4, -0.2) is 49.6 Å². The SMILES string of the molecule is COc1cccc(-c2cc(-c3cnn(C)c3)nc(N)c2C#N)c1OCCn1ccnc1.O=CO. The number of nitrogens with two attached hydrogens (primary N) is 1. The van der Waals surface area contributed by atoms with E-state index in [0.717, 1.165) is 5.56 Å². The van der Waals surface area contributed by atoms with E-state index in [1.165, 1.54) is 0 Å². The van der Waals surface area contributed by atoms with Crippen LogP contribution in [0.2, 0.25) is 0 Å². The standard InChI is InChI=1S/C22H21N7O2.CH2O2/c1-28-13-15(12-26-28)19-10-17(18(11-23)22(24)27-19)16-4-3-5-20(30-2)21(16)31-9-8-29-7-6-25-14-29;2-1-3/h3-7,10,12-14H,8-9H2,1-2H3,(H2,24,27);1H,(H,2,3). The van der Waals surface area contributed by atoms with Crippen molar-refractivity contribution in [2.75, 3.05) is 19.5 Å². The molecule has 0 spiro atoms. The zero-order valence-electron chi connectivity index (χ0n) is 18.6. The number of hydrogen-bond acceptors (Lipinski definition) is 8. The first-order valence-corrected chi connectivity index (χ1v) is 10.1. The van der Waals surface area contributed by atoms with Gasteiger partial charge in [-0.05, 0) is 12.1 Å². The van der Waals surface area contributed by atoms with Gasteiger partial charge >= 0.3 is 0 Å². The number of benzene rings is 1. The normalized spacial score (nSPS) is 10.0. The van der Waals surface area contributed by atoms with Crippen LogP contribution in [-0.2, 0) is 18.4 Å². The van der Waals surface area contributed by atoms with Crippen LogP contribution in [0.15, 0.2) is 55.4 Å². The first kappa shape index (κ1) is 23.8. The quantitative estimate of drug-likeness (QED) is 0.395. The fraction of sp³-hybridized carbons (Fsp3) is 0.174. The summed E-state index contributed by atoms with van der Waals surface area (Å²) >= 11 is 0. The molecule has 0 aliphatic rings. The van der Waals surface area contributed by atoms with Gasteiger partial charge in [-0.3, -0.25) is 9.48 Å². The number of hydrogen-bond donors (Lipinski definition) is 2. The predicted molar refractivity (Wildman–Crippen MR) is 124 cm³/mol. The maximum Gasteiger partial charge on any atom is 0.290 e. The van der Waals surface area contributed by atoms with E-state index >= 15 is 0 Å². The molecule has 11 nitrogen and oxygen atoms in total. The van der Waals surface area contributed by atoms with Crippen LogP contribution in [0.3, 0.4) is 0 Å². The fourth-order valence-electron chi connectivity index (χ4n) is 3.31. The van der Waals surface area contributed by atoms with E-state index in [1.807, 2.05) is 48.3 Å². The second-order valence-corrected chi connectivity index (χ2v) is 6.92. The number of nitrogen functional groups attached to an aromatic ring is 1. The lowest BCUT2D eigenvalue weighted by Crippen LogP contribution is -2.08. The molecule has 0 aliphatic carbocycles. The van der Waals surface area contributed by atoms with Gasteiger partial charge in [0.15, 0.2) is 11.5 Å². The number of aromatic nitrogens is 5. The summed E-state index contributed by atoms with van der Waals surface area (Å²) in [5, 5.41) is 20.9. The number of anilines is 1. The molecule has 0 bridgehead atoms. The lowest BCUT2D eigenvalue weighted by molar-refractivity contribution is -0.122. The van der Waals surface area contributed by atoms with Crippen LogP contribution in [0.1, 0.15) is 5.56 Å². The van der Waals surface area contributed by atoms with Crippen LogP contribution in [0.5, 0.6) is 11.5 Å². The Morgan fingerprint density at radius 1 is 1.32 bits per heavy atom. The molecule has 0 fully saturated rings. The number of carboxylic acid groups (broad SMARTS) is 1.